The van der Waals surface area contributed by atoms with Gasteiger partial charge in [-0.2, -0.15) is 0 Å². The van der Waals surface area contributed by atoms with E-state index in [4.69, 9.17) is 5.73 Å². The number of carbonyl (C=O) groups is 1. The maximum atomic E-state index is 11.3. The minimum atomic E-state index is -0.253. The molecule has 2 rings (SSSR count). The van der Waals surface area contributed by atoms with E-state index in [1.165, 1.54) is 0 Å². The van der Waals surface area contributed by atoms with Gasteiger partial charge in [-0.3, -0.25) is 9.78 Å². The largest absolute Gasteiger partial charge is 0.384 e. The van der Waals surface area contributed by atoms with E-state index >= 15 is 0 Å². The summed E-state index contributed by atoms with van der Waals surface area (Å²) in [6.07, 6.45) is 5.39. The lowest BCUT2D eigenvalue weighted by atomic mass is 10.2. The van der Waals surface area contributed by atoms with E-state index in [2.05, 4.69) is 10.3 Å². The van der Waals surface area contributed by atoms with Gasteiger partial charge in [-0.25, -0.2) is 0 Å². The second-order valence-electron chi connectivity index (χ2n) is 4.22. The Morgan fingerprint density at radius 2 is 2.47 bits per heavy atom. The van der Waals surface area contributed by atoms with E-state index in [9.17, 15) is 4.79 Å². The fraction of sp³-hybridized carbons (Fsp3) is 0.500. The van der Waals surface area contributed by atoms with E-state index < -0.39 is 0 Å². The molecule has 2 heterocycles. The second-order valence-corrected chi connectivity index (χ2v) is 4.22. The topological polar surface area (TPSA) is 71.2 Å². The van der Waals surface area contributed by atoms with Crippen LogP contribution >= 0.6 is 0 Å². The van der Waals surface area contributed by atoms with Gasteiger partial charge in [0.15, 0.2) is 0 Å². The lowest BCUT2D eigenvalue weighted by Gasteiger charge is -2.24. The van der Waals surface area contributed by atoms with Crippen molar-refractivity contribution in [2.75, 3.05) is 23.3 Å². The SMILES string of the molecule is CCNc1cncc(N2CCCC2C(N)=O)c1. The van der Waals surface area contributed by atoms with E-state index in [0.29, 0.717) is 0 Å². The summed E-state index contributed by atoms with van der Waals surface area (Å²) in [5, 5.41) is 3.21. The number of nitrogens with zero attached hydrogens (tertiary/aromatic N) is 2. The minimum Gasteiger partial charge on any atom is -0.384 e. The van der Waals surface area contributed by atoms with Crippen molar-refractivity contribution in [2.24, 2.45) is 5.73 Å². The molecule has 5 heteroatoms. The Morgan fingerprint density at radius 3 is 3.18 bits per heavy atom. The van der Waals surface area contributed by atoms with Gasteiger partial charge in [0.1, 0.15) is 6.04 Å². The Bertz CT molecular complexity index is 407. The van der Waals surface area contributed by atoms with Gasteiger partial charge >= 0.3 is 0 Å². The Hall–Kier alpha value is -1.78. The first-order valence-electron chi connectivity index (χ1n) is 5.97. The molecule has 1 saturated heterocycles. The van der Waals surface area contributed by atoms with Crippen LogP contribution in [-0.2, 0) is 4.79 Å². The zero-order valence-corrected chi connectivity index (χ0v) is 10.0. The smallest absolute Gasteiger partial charge is 0.240 e. The molecule has 0 aromatic carbocycles. The fourth-order valence-electron chi connectivity index (χ4n) is 2.26. The summed E-state index contributed by atoms with van der Waals surface area (Å²) < 4.78 is 0. The van der Waals surface area contributed by atoms with Crippen LogP contribution in [0.15, 0.2) is 18.5 Å². The third kappa shape index (κ3) is 2.49. The van der Waals surface area contributed by atoms with Crippen molar-refractivity contribution in [1.29, 1.82) is 0 Å². The molecule has 0 radical (unpaired) electrons. The van der Waals surface area contributed by atoms with Crippen LogP contribution < -0.4 is 16.0 Å². The minimum absolute atomic E-state index is 0.186. The molecule has 1 aliphatic heterocycles. The normalized spacial score (nSPS) is 19.4. The van der Waals surface area contributed by atoms with Gasteiger partial charge in [-0.15, -0.1) is 0 Å². The predicted octanol–water partition coefficient (Wildman–Crippen LogP) is 0.967. The third-order valence-corrected chi connectivity index (χ3v) is 3.02. The molecule has 1 amide bonds. The van der Waals surface area contributed by atoms with Gasteiger partial charge in [-0.1, -0.05) is 0 Å². The average Bonchev–Trinajstić information content (AvgIpc) is 2.79. The number of amides is 1. The van der Waals surface area contributed by atoms with Gasteiger partial charge in [0.25, 0.3) is 0 Å². The number of primary amides is 1. The van der Waals surface area contributed by atoms with Crippen LogP contribution in [0.4, 0.5) is 11.4 Å². The van der Waals surface area contributed by atoms with E-state index in [-0.39, 0.29) is 11.9 Å². The lowest BCUT2D eigenvalue weighted by molar-refractivity contribution is -0.119. The van der Waals surface area contributed by atoms with Crippen LogP contribution in [0, 0.1) is 0 Å². The number of carbonyl (C=O) groups excluding carboxylic acids is 1. The Balaban J connectivity index is 2.21. The summed E-state index contributed by atoms with van der Waals surface area (Å²) >= 11 is 0. The zero-order chi connectivity index (χ0) is 12.3. The summed E-state index contributed by atoms with van der Waals surface area (Å²) in [5.74, 6) is -0.253. The van der Waals surface area contributed by atoms with Gasteiger partial charge in [0.05, 0.1) is 23.8 Å². The third-order valence-electron chi connectivity index (χ3n) is 3.02. The van der Waals surface area contributed by atoms with Gasteiger partial charge in [0, 0.05) is 13.1 Å². The zero-order valence-electron chi connectivity index (χ0n) is 10.0. The number of nitrogens with two attached hydrogens (primary N) is 1. The number of hydrogen-bond acceptors (Lipinski definition) is 4. The fourth-order valence-corrected chi connectivity index (χ4v) is 2.26. The molecule has 0 saturated carbocycles. The van der Waals surface area contributed by atoms with Crippen LogP contribution in [-0.4, -0.2) is 30.0 Å². The molecule has 1 atom stereocenters. The maximum Gasteiger partial charge on any atom is 0.240 e. The molecular formula is C12H18N4O. The van der Waals surface area contributed by atoms with Crippen molar-refractivity contribution in [2.45, 2.75) is 25.8 Å². The molecule has 1 aromatic heterocycles. The van der Waals surface area contributed by atoms with Crippen molar-refractivity contribution >= 4 is 17.3 Å². The average molecular weight is 234 g/mol. The first kappa shape index (κ1) is 11.7. The number of rotatable bonds is 4. The highest BCUT2D eigenvalue weighted by Gasteiger charge is 2.29. The summed E-state index contributed by atoms with van der Waals surface area (Å²) in [6.45, 7) is 3.75. The van der Waals surface area contributed by atoms with Crippen molar-refractivity contribution in [3.8, 4) is 0 Å². The van der Waals surface area contributed by atoms with Gasteiger partial charge in [0.2, 0.25) is 5.91 Å². The summed E-state index contributed by atoms with van der Waals surface area (Å²) in [4.78, 5) is 17.6. The van der Waals surface area contributed by atoms with Gasteiger partial charge < -0.3 is 16.0 Å². The highest BCUT2D eigenvalue weighted by molar-refractivity contribution is 5.84. The summed E-state index contributed by atoms with van der Waals surface area (Å²) in [7, 11) is 0. The van der Waals surface area contributed by atoms with E-state index in [1.54, 1.807) is 12.4 Å². The predicted molar refractivity (Wildman–Crippen MR) is 68.0 cm³/mol. The number of aromatic nitrogens is 1. The molecule has 5 nitrogen and oxygen atoms in total. The van der Waals surface area contributed by atoms with Crippen LogP contribution in [0.5, 0.6) is 0 Å². The quantitative estimate of drug-likeness (QED) is 0.814. The lowest BCUT2D eigenvalue weighted by Crippen LogP contribution is -2.40. The molecule has 3 N–H and O–H groups in total. The molecule has 1 aromatic rings. The monoisotopic (exact) mass is 234 g/mol. The molecule has 0 aliphatic carbocycles. The molecule has 92 valence electrons. The standard InChI is InChI=1S/C12H18N4O/c1-2-15-9-6-10(8-14-7-9)16-5-3-4-11(16)12(13)17/h6-8,11,15H,2-5H2,1H3,(H2,13,17). The van der Waals surface area contributed by atoms with Crippen LogP contribution in [0.2, 0.25) is 0 Å². The van der Waals surface area contributed by atoms with Crippen molar-refractivity contribution in [3.05, 3.63) is 18.5 Å². The molecule has 0 spiro atoms. The van der Waals surface area contributed by atoms with Crippen molar-refractivity contribution in [3.63, 3.8) is 0 Å². The van der Waals surface area contributed by atoms with E-state index in [0.717, 1.165) is 37.3 Å². The molecule has 1 aliphatic rings. The second kappa shape index (κ2) is 5.03. The first-order chi connectivity index (χ1) is 8.22. The van der Waals surface area contributed by atoms with E-state index in [1.807, 2.05) is 17.9 Å². The molecular weight excluding hydrogens is 216 g/mol. The molecule has 0 bridgehead atoms. The van der Waals surface area contributed by atoms with Crippen LogP contribution in [0.3, 0.4) is 0 Å². The maximum absolute atomic E-state index is 11.3. The van der Waals surface area contributed by atoms with Gasteiger partial charge in [-0.05, 0) is 25.8 Å². The Morgan fingerprint density at radius 1 is 1.65 bits per heavy atom. The number of hydrogen-bond donors (Lipinski definition) is 2. The number of nitrogens with one attached hydrogen (secondary N) is 1. The van der Waals surface area contributed by atoms with Crippen LogP contribution in [0.1, 0.15) is 19.8 Å². The first-order valence-corrected chi connectivity index (χ1v) is 5.97. The highest BCUT2D eigenvalue weighted by Crippen LogP contribution is 2.26. The van der Waals surface area contributed by atoms with Crippen molar-refractivity contribution in [1.82, 2.24) is 4.98 Å². The molecule has 1 unspecified atom stereocenters. The Labute approximate surface area is 101 Å². The Kier molecular flexibility index (Phi) is 3.46. The number of anilines is 2. The molecule has 17 heavy (non-hydrogen) atoms. The number of pyridine rings is 1. The summed E-state index contributed by atoms with van der Waals surface area (Å²) in [6, 6.07) is 1.83. The highest BCUT2D eigenvalue weighted by atomic mass is 16.1. The molecule has 1 fully saturated rings. The summed E-state index contributed by atoms with van der Waals surface area (Å²) in [5.41, 5.74) is 7.34. The van der Waals surface area contributed by atoms with Crippen LogP contribution in [0.25, 0.3) is 0 Å². The van der Waals surface area contributed by atoms with Crippen molar-refractivity contribution < 1.29 is 4.79 Å².